The summed E-state index contributed by atoms with van der Waals surface area (Å²) in [5.74, 6) is 0.707. The lowest BCUT2D eigenvalue weighted by molar-refractivity contribution is 0.184. The van der Waals surface area contributed by atoms with Gasteiger partial charge in [-0.2, -0.15) is 0 Å². The van der Waals surface area contributed by atoms with E-state index in [-0.39, 0.29) is 0 Å². The summed E-state index contributed by atoms with van der Waals surface area (Å²) in [5.41, 5.74) is 1.31. The highest BCUT2D eigenvalue weighted by atomic mass is 16.7. The van der Waals surface area contributed by atoms with Crippen molar-refractivity contribution in [1.29, 1.82) is 0 Å². The first-order valence-corrected chi connectivity index (χ1v) is 4.83. The molecule has 16 heavy (non-hydrogen) atoms. The second kappa shape index (κ2) is 3.62. The second-order valence-electron chi connectivity index (χ2n) is 3.21. The molecule has 0 fully saturated rings. The number of para-hydroxylation sites is 1. The molecular weight excluding hydrogens is 204 g/mol. The molecular formula is C11H8N4O. The number of hydrogen-bond donors (Lipinski definition) is 0. The first kappa shape index (κ1) is 8.84. The summed E-state index contributed by atoms with van der Waals surface area (Å²) < 4.78 is 0. The van der Waals surface area contributed by atoms with Crippen LogP contribution in [0.15, 0.2) is 48.7 Å². The molecule has 0 saturated heterocycles. The third kappa shape index (κ3) is 1.48. The number of pyridine rings is 1. The Labute approximate surface area is 91.3 Å². The van der Waals surface area contributed by atoms with Crippen molar-refractivity contribution in [1.82, 2.24) is 20.1 Å². The number of aromatic nitrogens is 4. The molecule has 5 heteroatoms. The Kier molecular flexibility index (Phi) is 2.00. The number of rotatable bonds is 2. The molecule has 2 aromatic heterocycles. The Morgan fingerprint density at radius 1 is 1.00 bits per heavy atom. The van der Waals surface area contributed by atoms with Crippen LogP contribution in [0.2, 0.25) is 0 Å². The van der Waals surface area contributed by atoms with Crippen LogP contribution in [0.3, 0.4) is 0 Å². The van der Waals surface area contributed by atoms with E-state index in [4.69, 9.17) is 4.84 Å². The van der Waals surface area contributed by atoms with Crippen molar-refractivity contribution in [2.24, 2.45) is 0 Å². The van der Waals surface area contributed by atoms with E-state index < -0.39 is 0 Å². The van der Waals surface area contributed by atoms with Crippen molar-refractivity contribution in [2.45, 2.75) is 0 Å². The minimum atomic E-state index is 0.568. The van der Waals surface area contributed by atoms with Gasteiger partial charge in [-0.3, -0.25) is 0 Å². The SMILES string of the molecule is c1ccc(On2nnc3ncccc32)cc1. The van der Waals surface area contributed by atoms with Crippen molar-refractivity contribution >= 4 is 11.2 Å². The molecule has 0 N–H and O–H groups in total. The Balaban J connectivity index is 2.01. The summed E-state index contributed by atoms with van der Waals surface area (Å²) in [6.45, 7) is 0. The summed E-state index contributed by atoms with van der Waals surface area (Å²) in [6.07, 6.45) is 1.67. The third-order valence-electron chi connectivity index (χ3n) is 2.13. The molecule has 0 bridgehead atoms. The number of nitrogens with zero attached hydrogens (tertiary/aromatic N) is 4. The van der Waals surface area contributed by atoms with E-state index in [0.29, 0.717) is 11.4 Å². The molecule has 0 aliphatic heterocycles. The lowest BCUT2D eigenvalue weighted by Gasteiger charge is -2.03. The van der Waals surface area contributed by atoms with E-state index in [1.165, 1.54) is 4.85 Å². The summed E-state index contributed by atoms with van der Waals surface area (Å²) >= 11 is 0. The monoisotopic (exact) mass is 212 g/mol. The lowest BCUT2D eigenvalue weighted by Crippen LogP contribution is -2.06. The van der Waals surface area contributed by atoms with E-state index in [9.17, 15) is 0 Å². The smallest absolute Gasteiger partial charge is 0.205 e. The van der Waals surface area contributed by atoms with Gasteiger partial charge < -0.3 is 4.84 Å². The number of fused-ring (bicyclic) bond motifs is 1. The van der Waals surface area contributed by atoms with Gasteiger partial charge >= 0.3 is 0 Å². The molecule has 0 aliphatic carbocycles. The molecule has 1 aromatic carbocycles. The highest BCUT2D eigenvalue weighted by Crippen LogP contribution is 2.12. The van der Waals surface area contributed by atoms with Crippen LogP contribution in [-0.2, 0) is 0 Å². The molecule has 78 valence electrons. The Morgan fingerprint density at radius 3 is 2.75 bits per heavy atom. The fraction of sp³-hybridized carbons (Fsp3) is 0. The van der Waals surface area contributed by atoms with Crippen LogP contribution in [0.25, 0.3) is 11.2 Å². The maximum absolute atomic E-state index is 5.53. The maximum Gasteiger partial charge on any atom is 0.205 e. The quantitative estimate of drug-likeness (QED) is 0.648. The van der Waals surface area contributed by atoms with Crippen molar-refractivity contribution in [3.05, 3.63) is 48.7 Å². The summed E-state index contributed by atoms with van der Waals surface area (Å²) in [5, 5.41) is 7.76. The highest BCUT2D eigenvalue weighted by Gasteiger charge is 2.05. The molecule has 3 aromatic rings. The van der Waals surface area contributed by atoms with Gasteiger partial charge in [0, 0.05) is 6.20 Å². The van der Waals surface area contributed by atoms with Crippen molar-refractivity contribution in [3.8, 4) is 5.75 Å². The molecule has 3 rings (SSSR count). The zero-order valence-corrected chi connectivity index (χ0v) is 8.32. The van der Waals surface area contributed by atoms with E-state index in [2.05, 4.69) is 15.3 Å². The van der Waals surface area contributed by atoms with Gasteiger partial charge in [0.2, 0.25) is 5.65 Å². The van der Waals surface area contributed by atoms with Gasteiger partial charge in [-0.15, -0.1) is 5.10 Å². The van der Waals surface area contributed by atoms with Gasteiger partial charge in [0.15, 0.2) is 5.75 Å². The van der Waals surface area contributed by atoms with Crippen LogP contribution in [0.4, 0.5) is 0 Å². The van der Waals surface area contributed by atoms with E-state index >= 15 is 0 Å². The van der Waals surface area contributed by atoms with Crippen molar-refractivity contribution < 1.29 is 4.84 Å². The first-order chi connectivity index (χ1) is 7.93. The molecule has 0 atom stereocenters. The van der Waals surface area contributed by atoms with Crippen LogP contribution in [0, 0.1) is 0 Å². The molecule has 0 spiro atoms. The minimum Gasteiger partial charge on any atom is -0.356 e. The molecule has 0 amide bonds. The van der Waals surface area contributed by atoms with Gasteiger partial charge in [0.05, 0.1) is 0 Å². The average Bonchev–Trinajstić information content (AvgIpc) is 2.74. The van der Waals surface area contributed by atoms with Crippen molar-refractivity contribution in [3.63, 3.8) is 0 Å². The molecule has 0 unspecified atom stereocenters. The predicted molar refractivity (Wildman–Crippen MR) is 57.8 cm³/mol. The van der Waals surface area contributed by atoms with Gasteiger partial charge in [-0.05, 0) is 29.5 Å². The van der Waals surface area contributed by atoms with Crippen LogP contribution >= 0.6 is 0 Å². The van der Waals surface area contributed by atoms with Gasteiger partial charge in [0.25, 0.3) is 0 Å². The summed E-state index contributed by atoms with van der Waals surface area (Å²) in [7, 11) is 0. The Bertz CT molecular complexity index is 605. The summed E-state index contributed by atoms with van der Waals surface area (Å²) in [6, 6.07) is 13.1. The molecule has 0 radical (unpaired) electrons. The normalized spacial score (nSPS) is 10.5. The largest absolute Gasteiger partial charge is 0.356 e. The fourth-order valence-electron chi connectivity index (χ4n) is 1.39. The van der Waals surface area contributed by atoms with Gasteiger partial charge in [0.1, 0.15) is 5.52 Å². The average molecular weight is 212 g/mol. The minimum absolute atomic E-state index is 0.568. The molecule has 5 nitrogen and oxygen atoms in total. The standard InChI is InChI=1S/C11H8N4O/c1-2-5-9(6-3-1)16-15-10-7-4-8-12-11(10)13-14-15/h1-8H. The van der Waals surface area contributed by atoms with E-state index in [1.807, 2.05) is 42.5 Å². The number of hydrogen-bond acceptors (Lipinski definition) is 4. The Hall–Kier alpha value is -2.43. The maximum atomic E-state index is 5.53. The van der Waals surface area contributed by atoms with Crippen LogP contribution in [0.1, 0.15) is 0 Å². The van der Waals surface area contributed by atoms with Crippen LogP contribution < -0.4 is 4.84 Å². The van der Waals surface area contributed by atoms with Gasteiger partial charge in [-0.25, -0.2) is 4.98 Å². The molecule has 0 saturated carbocycles. The van der Waals surface area contributed by atoms with Gasteiger partial charge in [-0.1, -0.05) is 23.0 Å². The topological polar surface area (TPSA) is 52.8 Å². The number of benzene rings is 1. The lowest BCUT2D eigenvalue weighted by atomic mass is 10.3. The van der Waals surface area contributed by atoms with Crippen LogP contribution in [0.5, 0.6) is 5.75 Å². The fourth-order valence-corrected chi connectivity index (χ4v) is 1.39. The second-order valence-corrected chi connectivity index (χ2v) is 3.21. The summed E-state index contributed by atoms with van der Waals surface area (Å²) in [4.78, 5) is 11.0. The third-order valence-corrected chi connectivity index (χ3v) is 2.13. The van der Waals surface area contributed by atoms with E-state index in [1.54, 1.807) is 6.20 Å². The van der Waals surface area contributed by atoms with E-state index in [0.717, 1.165) is 5.52 Å². The predicted octanol–water partition coefficient (Wildman–Crippen LogP) is 1.67. The molecule has 0 aliphatic rings. The highest BCUT2D eigenvalue weighted by molar-refractivity contribution is 5.68. The Morgan fingerprint density at radius 2 is 1.88 bits per heavy atom. The molecule has 2 heterocycles. The first-order valence-electron chi connectivity index (χ1n) is 4.83. The van der Waals surface area contributed by atoms with Crippen molar-refractivity contribution in [2.75, 3.05) is 0 Å². The van der Waals surface area contributed by atoms with Crippen LogP contribution in [-0.4, -0.2) is 20.1 Å². The zero-order valence-electron chi connectivity index (χ0n) is 8.32. The zero-order chi connectivity index (χ0) is 10.8.